The zero-order valence-corrected chi connectivity index (χ0v) is 12.4. The maximum atomic E-state index is 11.0. The molecule has 0 amide bonds. The average molecular weight is 281 g/mol. The largest absolute Gasteiger partial charge is 0.481 e. The fraction of sp³-hybridized carbons (Fsp3) is 0.938. The van der Waals surface area contributed by atoms with Crippen LogP contribution in [-0.2, 0) is 9.53 Å². The SMILES string of the molecule is O=C(O)CC1CCCCN1CC1CCC2(CCCC2)O1. The molecule has 0 radical (unpaired) electrons. The molecule has 3 aliphatic rings. The predicted molar refractivity (Wildman–Crippen MR) is 76.8 cm³/mol. The molecular formula is C16H27NO3. The van der Waals surface area contributed by atoms with Gasteiger partial charge in [-0.05, 0) is 45.1 Å². The number of carboxylic acid groups (broad SMARTS) is 1. The number of ether oxygens (including phenoxy) is 1. The minimum absolute atomic E-state index is 0.197. The molecule has 4 heteroatoms. The number of hydrogen-bond acceptors (Lipinski definition) is 3. The molecule has 20 heavy (non-hydrogen) atoms. The third kappa shape index (κ3) is 3.17. The summed E-state index contributed by atoms with van der Waals surface area (Å²) in [6.07, 6.45) is 11.5. The Kier molecular flexibility index (Phi) is 4.32. The van der Waals surface area contributed by atoms with Gasteiger partial charge in [-0.15, -0.1) is 0 Å². The van der Waals surface area contributed by atoms with Crippen LogP contribution in [-0.4, -0.2) is 46.8 Å². The van der Waals surface area contributed by atoms with Crippen LogP contribution in [0.1, 0.15) is 64.2 Å². The molecule has 1 N–H and O–H groups in total. The summed E-state index contributed by atoms with van der Waals surface area (Å²) in [7, 11) is 0. The lowest BCUT2D eigenvalue weighted by Crippen LogP contribution is -2.45. The number of hydrogen-bond donors (Lipinski definition) is 1. The smallest absolute Gasteiger partial charge is 0.304 e. The van der Waals surface area contributed by atoms with E-state index < -0.39 is 5.97 Å². The maximum absolute atomic E-state index is 11.0. The quantitative estimate of drug-likeness (QED) is 0.861. The molecule has 2 atom stereocenters. The van der Waals surface area contributed by atoms with Crippen LogP contribution in [0.2, 0.25) is 0 Å². The van der Waals surface area contributed by atoms with Gasteiger partial charge in [0.15, 0.2) is 0 Å². The fourth-order valence-electron chi connectivity index (χ4n) is 4.41. The molecule has 0 aromatic heterocycles. The van der Waals surface area contributed by atoms with Gasteiger partial charge >= 0.3 is 5.97 Å². The second kappa shape index (κ2) is 6.02. The van der Waals surface area contributed by atoms with Crippen molar-refractivity contribution < 1.29 is 14.6 Å². The summed E-state index contributed by atoms with van der Waals surface area (Å²) < 4.78 is 6.38. The molecule has 2 unspecified atom stereocenters. The van der Waals surface area contributed by atoms with Crippen molar-refractivity contribution in [2.24, 2.45) is 0 Å². The zero-order valence-electron chi connectivity index (χ0n) is 12.4. The minimum Gasteiger partial charge on any atom is -0.481 e. The fourth-order valence-corrected chi connectivity index (χ4v) is 4.41. The van der Waals surface area contributed by atoms with Crippen molar-refractivity contribution in [3.8, 4) is 0 Å². The van der Waals surface area contributed by atoms with Gasteiger partial charge in [0.2, 0.25) is 0 Å². The van der Waals surface area contributed by atoms with Gasteiger partial charge in [0.1, 0.15) is 0 Å². The molecule has 0 aromatic carbocycles. The second-order valence-electron chi connectivity index (χ2n) is 6.91. The Balaban J connectivity index is 1.54. The van der Waals surface area contributed by atoms with E-state index in [1.807, 2.05) is 0 Å². The summed E-state index contributed by atoms with van der Waals surface area (Å²) >= 11 is 0. The molecule has 3 fully saturated rings. The highest BCUT2D eigenvalue weighted by molar-refractivity contribution is 5.67. The van der Waals surface area contributed by atoms with Gasteiger partial charge in [0.25, 0.3) is 0 Å². The van der Waals surface area contributed by atoms with Gasteiger partial charge in [0.05, 0.1) is 18.1 Å². The van der Waals surface area contributed by atoms with Gasteiger partial charge in [-0.2, -0.15) is 0 Å². The Morgan fingerprint density at radius 3 is 2.70 bits per heavy atom. The lowest BCUT2D eigenvalue weighted by Gasteiger charge is -2.36. The van der Waals surface area contributed by atoms with E-state index >= 15 is 0 Å². The molecule has 4 nitrogen and oxygen atoms in total. The highest BCUT2D eigenvalue weighted by Crippen LogP contribution is 2.43. The Morgan fingerprint density at radius 1 is 1.15 bits per heavy atom. The van der Waals surface area contributed by atoms with Gasteiger partial charge in [-0.25, -0.2) is 0 Å². The van der Waals surface area contributed by atoms with E-state index in [4.69, 9.17) is 9.84 Å². The summed E-state index contributed by atoms with van der Waals surface area (Å²) in [6, 6.07) is 0.227. The Labute approximate surface area is 121 Å². The van der Waals surface area contributed by atoms with E-state index in [0.29, 0.717) is 6.10 Å². The van der Waals surface area contributed by atoms with E-state index in [2.05, 4.69) is 4.90 Å². The number of rotatable bonds is 4. The molecule has 0 aromatic rings. The van der Waals surface area contributed by atoms with E-state index in [0.717, 1.165) is 25.9 Å². The normalized spacial score (nSPS) is 33.8. The van der Waals surface area contributed by atoms with E-state index in [-0.39, 0.29) is 18.1 Å². The first kappa shape index (κ1) is 14.3. The number of carboxylic acids is 1. The van der Waals surface area contributed by atoms with Gasteiger partial charge in [-0.3, -0.25) is 9.69 Å². The van der Waals surface area contributed by atoms with Crippen LogP contribution < -0.4 is 0 Å². The Hall–Kier alpha value is -0.610. The first-order valence-electron chi connectivity index (χ1n) is 8.31. The van der Waals surface area contributed by atoms with Crippen molar-refractivity contribution in [1.29, 1.82) is 0 Å². The zero-order chi connectivity index (χ0) is 14.0. The molecule has 2 aliphatic heterocycles. The van der Waals surface area contributed by atoms with Crippen LogP contribution in [0, 0.1) is 0 Å². The lowest BCUT2D eigenvalue weighted by atomic mass is 9.97. The standard InChI is InChI=1S/C16H27NO3/c18-15(19)11-13-5-1-4-10-17(13)12-14-6-9-16(20-14)7-2-3-8-16/h13-14H,1-12H2,(H,18,19). The summed E-state index contributed by atoms with van der Waals surface area (Å²) in [5, 5.41) is 9.05. The second-order valence-corrected chi connectivity index (χ2v) is 6.91. The third-order valence-electron chi connectivity index (χ3n) is 5.45. The highest BCUT2D eigenvalue weighted by atomic mass is 16.5. The number of carbonyl (C=O) groups is 1. The lowest BCUT2D eigenvalue weighted by molar-refractivity contribution is -0.139. The van der Waals surface area contributed by atoms with Crippen LogP contribution in [0.3, 0.4) is 0 Å². The molecule has 114 valence electrons. The first-order chi connectivity index (χ1) is 9.67. The van der Waals surface area contributed by atoms with Crippen LogP contribution in [0.4, 0.5) is 0 Å². The van der Waals surface area contributed by atoms with Crippen molar-refractivity contribution in [3.63, 3.8) is 0 Å². The number of piperidine rings is 1. The van der Waals surface area contributed by atoms with Crippen LogP contribution in [0.5, 0.6) is 0 Å². The Bertz CT molecular complexity index is 352. The predicted octanol–water partition coefficient (Wildman–Crippen LogP) is 2.81. The van der Waals surface area contributed by atoms with Gasteiger partial charge in [0, 0.05) is 12.6 Å². The summed E-state index contributed by atoms with van der Waals surface area (Å²) in [5.41, 5.74) is 0.197. The summed E-state index contributed by atoms with van der Waals surface area (Å²) in [5.74, 6) is -0.665. The summed E-state index contributed by atoms with van der Waals surface area (Å²) in [6.45, 7) is 1.99. The van der Waals surface area contributed by atoms with E-state index in [1.54, 1.807) is 0 Å². The number of likely N-dealkylation sites (tertiary alicyclic amines) is 1. The van der Waals surface area contributed by atoms with Crippen LogP contribution in [0.15, 0.2) is 0 Å². The molecule has 1 spiro atoms. The van der Waals surface area contributed by atoms with Crippen LogP contribution in [0.25, 0.3) is 0 Å². The number of nitrogens with zero attached hydrogens (tertiary/aromatic N) is 1. The molecule has 2 saturated heterocycles. The first-order valence-corrected chi connectivity index (χ1v) is 8.31. The maximum Gasteiger partial charge on any atom is 0.304 e. The molecular weight excluding hydrogens is 254 g/mol. The van der Waals surface area contributed by atoms with Crippen molar-refractivity contribution in [1.82, 2.24) is 4.90 Å². The van der Waals surface area contributed by atoms with Crippen molar-refractivity contribution in [3.05, 3.63) is 0 Å². The third-order valence-corrected chi connectivity index (χ3v) is 5.45. The van der Waals surface area contributed by atoms with Gasteiger partial charge < -0.3 is 9.84 Å². The van der Waals surface area contributed by atoms with Crippen molar-refractivity contribution in [2.45, 2.75) is 82.0 Å². The topological polar surface area (TPSA) is 49.8 Å². The monoisotopic (exact) mass is 281 g/mol. The minimum atomic E-state index is -0.665. The molecule has 2 heterocycles. The molecule has 3 rings (SSSR count). The highest BCUT2D eigenvalue weighted by Gasteiger charge is 2.43. The number of aliphatic carboxylic acids is 1. The van der Waals surface area contributed by atoms with Crippen LogP contribution >= 0.6 is 0 Å². The molecule has 1 aliphatic carbocycles. The van der Waals surface area contributed by atoms with Crippen molar-refractivity contribution in [2.75, 3.05) is 13.1 Å². The average Bonchev–Trinajstić information content (AvgIpc) is 3.02. The van der Waals surface area contributed by atoms with E-state index in [9.17, 15) is 4.79 Å². The molecule has 1 saturated carbocycles. The van der Waals surface area contributed by atoms with E-state index in [1.165, 1.54) is 44.9 Å². The Morgan fingerprint density at radius 2 is 1.95 bits per heavy atom. The van der Waals surface area contributed by atoms with Crippen molar-refractivity contribution >= 4 is 5.97 Å². The van der Waals surface area contributed by atoms with Gasteiger partial charge in [-0.1, -0.05) is 19.3 Å². The summed E-state index contributed by atoms with van der Waals surface area (Å²) in [4.78, 5) is 13.4. The molecule has 0 bridgehead atoms.